The molecule has 0 saturated carbocycles. The van der Waals surface area contributed by atoms with E-state index in [4.69, 9.17) is 0 Å². The van der Waals surface area contributed by atoms with Gasteiger partial charge in [-0.15, -0.1) is 10.2 Å². The van der Waals surface area contributed by atoms with Gasteiger partial charge in [0.05, 0.1) is 6.54 Å². The molecule has 146 valence electrons. The summed E-state index contributed by atoms with van der Waals surface area (Å²) in [6, 6.07) is 4.26. The molecule has 2 heterocycles. The lowest BCUT2D eigenvalue weighted by molar-refractivity contribution is -0.124. The minimum absolute atomic E-state index is 0.00618. The summed E-state index contributed by atoms with van der Waals surface area (Å²) in [5.74, 6) is -0.0568. The van der Waals surface area contributed by atoms with Crippen LogP contribution in [0.25, 0.3) is 0 Å². The number of hydrogen-bond donors (Lipinski definition) is 1. The SMILES string of the molecule is CC[C@H](C)C(=O)NCc1nnc2n1CCN(Cc1cccc(F)c1F)CC2. The Labute approximate surface area is 157 Å². The molecule has 8 heteroatoms. The molecule has 2 aromatic rings. The second kappa shape index (κ2) is 8.56. The number of carbonyl (C=O) groups excluding carboxylic acids is 1. The monoisotopic (exact) mass is 377 g/mol. The van der Waals surface area contributed by atoms with Crippen LogP contribution in [0, 0.1) is 17.6 Å². The number of benzene rings is 1. The molecule has 3 rings (SSSR count). The van der Waals surface area contributed by atoms with Crippen LogP contribution < -0.4 is 5.32 Å². The molecule has 0 radical (unpaired) electrons. The van der Waals surface area contributed by atoms with Crippen molar-refractivity contribution < 1.29 is 13.6 Å². The largest absolute Gasteiger partial charge is 0.349 e. The molecule has 1 aromatic heterocycles. The van der Waals surface area contributed by atoms with Crippen molar-refractivity contribution in [2.75, 3.05) is 13.1 Å². The number of carbonyl (C=O) groups is 1. The molecule has 0 fully saturated rings. The zero-order valence-corrected chi connectivity index (χ0v) is 15.7. The Morgan fingerprint density at radius 3 is 2.85 bits per heavy atom. The van der Waals surface area contributed by atoms with Crippen LogP contribution in [0.1, 0.15) is 37.5 Å². The van der Waals surface area contributed by atoms with E-state index >= 15 is 0 Å². The van der Waals surface area contributed by atoms with Gasteiger partial charge < -0.3 is 9.88 Å². The van der Waals surface area contributed by atoms with Gasteiger partial charge in [-0.25, -0.2) is 8.78 Å². The summed E-state index contributed by atoms with van der Waals surface area (Å²) in [7, 11) is 0. The van der Waals surface area contributed by atoms with Crippen LogP contribution in [0.3, 0.4) is 0 Å². The molecule has 1 aromatic carbocycles. The van der Waals surface area contributed by atoms with Crippen LogP contribution >= 0.6 is 0 Å². The number of amides is 1. The van der Waals surface area contributed by atoms with Crippen molar-refractivity contribution in [2.45, 2.75) is 46.3 Å². The zero-order valence-electron chi connectivity index (χ0n) is 15.7. The molecular weight excluding hydrogens is 352 g/mol. The van der Waals surface area contributed by atoms with E-state index in [0.717, 1.165) is 24.1 Å². The van der Waals surface area contributed by atoms with Crippen molar-refractivity contribution in [1.82, 2.24) is 25.0 Å². The first-order valence-corrected chi connectivity index (χ1v) is 9.33. The van der Waals surface area contributed by atoms with E-state index < -0.39 is 11.6 Å². The predicted molar refractivity (Wildman–Crippen MR) is 96.7 cm³/mol. The number of fused-ring (bicyclic) bond motifs is 1. The van der Waals surface area contributed by atoms with E-state index in [2.05, 4.69) is 20.4 Å². The minimum Gasteiger partial charge on any atom is -0.349 e. The third kappa shape index (κ3) is 4.50. The molecule has 1 aliphatic heterocycles. The van der Waals surface area contributed by atoms with Gasteiger partial charge in [-0.3, -0.25) is 9.69 Å². The number of halogens is 2. The second-order valence-electron chi connectivity index (χ2n) is 6.95. The molecule has 0 aliphatic carbocycles. The van der Waals surface area contributed by atoms with Gasteiger partial charge in [0.25, 0.3) is 0 Å². The highest BCUT2D eigenvalue weighted by atomic mass is 19.2. The van der Waals surface area contributed by atoms with E-state index in [-0.39, 0.29) is 11.8 Å². The van der Waals surface area contributed by atoms with Crippen LogP contribution in [0.15, 0.2) is 18.2 Å². The van der Waals surface area contributed by atoms with E-state index in [1.807, 2.05) is 18.4 Å². The number of nitrogens with one attached hydrogen (secondary N) is 1. The summed E-state index contributed by atoms with van der Waals surface area (Å²) in [4.78, 5) is 14.1. The molecule has 6 nitrogen and oxygen atoms in total. The van der Waals surface area contributed by atoms with Crippen LogP contribution in [0.4, 0.5) is 8.78 Å². The molecular formula is C19H25F2N5O. The van der Waals surface area contributed by atoms with Gasteiger partial charge >= 0.3 is 0 Å². The lowest BCUT2D eigenvalue weighted by Crippen LogP contribution is -2.30. The van der Waals surface area contributed by atoms with Crippen LogP contribution in [-0.4, -0.2) is 38.7 Å². The smallest absolute Gasteiger partial charge is 0.223 e. The Balaban J connectivity index is 1.62. The van der Waals surface area contributed by atoms with E-state index in [0.29, 0.717) is 44.7 Å². The summed E-state index contributed by atoms with van der Waals surface area (Å²) < 4.78 is 29.4. The van der Waals surface area contributed by atoms with Gasteiger partial charge in [0, 0.05) is 44.1 Å². The lowest BCUT2D eigenvalue weighted by Gasteiger charge is -2.20. The first-order chi connectivity index (χ1) is 13.0. The molecule has 1 N–H and O–H groups in total. The fourth-order valence-corrected chi connectivity index (χ4v) is 3.15. The van der Waals surface area contributed by atoms with E-state index in [9.17, 15) is 13.6 Å². The van der Waals surface area contributed by atoms with E-state index in [1.54, 1.807) is 6.07 Å². The van der Waals surface area contributed by atoms with Crippen molar-refractivity contribution in [3.8, 4) is 0 Å². The first-order valence-electron chi connectivity index (χ1n) is 9.33. The van der Waals surface area contributed by atoms with Gasteiger partial charge in [0.2, 0.25) is 5.91 Å². The highest BCUT2D eigenvalue weighted by Gasteiger charge is 2.21. The Kier molecular flexibility index (Phi) is 6.15. The molecule has 0 bridgehead atoms. The first kappa shape index (κ1) is 19.4. The molecule has 1 atom stereocenters. The number of rotatable bonds is 6. The summed E-state index contributed by atoms with van der Waals surface area (Å²) in [6.07, 6.45) is 1.46. The van der Waals surface area contributed by atoms with Crippen molar-refractivity contribution >= 4 is 5.91 Å². The average molecular weight is 377 g/mol. The van der Waals surface area contributed by atoms with Crippen molar-refractivity contribution in [1.29, 1.82) is 0 Å². The molecule has 0 spiro atoms. The Morgan fingerprint density at radius 1 is 1.26 bits per heavy atom. The summed E-state index contributed by atoms with van der Waals surface area (Å²) in [6.45, 7) is 6.57. The number of aromatic nitrogens is 3. The molecule has 1 amide bonds. The van der Waals surface area contributed by atoms with E-state index in [1.165, 1.54) is 6.07 Å². The minimum atomic E-state index is -0.821. The van der Waals surface area contributed by atoms with Gasteiger partial charge in [-0.2, -0.15) is 0 Å². The third-order valence-corrected chi connectivity index (χ3v) is 5.10. The standard InChI is InChI=1S/C19H25F2N5O/c1-3-13(2)19(27)22-11-17-24-23-16-7-8-25(9-10-26(16)17)12-14-5-4-6-15(20)18(14)21/h4-6,13H,3,7-12H2,1-2H3,(H,22,27)/t13-/m0/s1. The van der Waals surface area contributed by atoms with Crippen molar-refractivity contribution in [3.05, 3.63) is 47.0 Å². The molecule has 27 heavy (non-hydrogen) atoms. The molecule has 0 saturated heterocycles. The quantitative estimate of drug-likeness (QED) is 0.839. The van der Waals surface area contributed by atoms with Gasteiger partial charge in [0.15, 0.2) is 17.5 Å². The van der Waals surface area contributed by atoms with Crippen molar-refractivity contribution in [2.24, 2.45) is 5.92 Å². The maximum absolute atomic E-state index is 13.9. The summed E-state index contributed by atoms with van der Waals surface area (Å²) >= 11 is 0. The average Bonchev–Trinajstić information content (AvgIpc) is 2.95. The number of hydrogen-bond acceptors (Lipinski definition) is 4. The van der Waals surface area contributed by atoms with Crippen LogP contribution in [0.2, 0.25) is 0 Å². The Morgan fingerprint density at radius 2 is 2.07 bits per heavy atom. The maximum atomic E-state index is 13.9. The predicted octanol–water partition coefficient (Wildman–Crippen LogP) is 2.28. The fourth-order valence-electron chi connectivity index (χ4n) is 3.15. The fraction of sp³-hybridized carbons (Fsp3) is 0.526. The highest BCUT2D eigenvalue weighted by Crippen LogP contribution is 2.16. The normalized spacial score (nSPS) is 15.9. The second-order valence-corrected chi connectivity index (χ2v) is 6.95. The Bertz CT molecular complexity index is 807. The molecule has 1 aliphatic rings. The van der Waals surface area contributed by atoms with Crippen LogP contribution in [0.5, 0.6) is 0 Å². The zero-order chi connectivity index (χ0) is 19.4. The maximum Gasteiger partial charge on any atom is 0.223 e. The van der Waals surface area contributed by atoms with Gasteiger partial charge in [-0.05, 0) is 12.5 Å². The van der Waals surface area contributed by atoms with Gasteiger partial charge in [0.1, 0.15) is 5.82 Å². The Hall–Kier alpha value is -2.35. The summed E-state index contributed by atoms with van der Waals surface area (Å²) in [5.41, 5.74) is 0.355. The lowest BCUT2D eigenvalue weighted by atomic mass is 10.1. The molecule has 0 unspecified atom stereocenters. The highest BCUT2D eigenvalue weighted by molar-refractivity contribution is 5.78. The van der Waals surface area contributed by atoms with Crippen LogP contribution in [-0.2, 0) is 30.8 Å². The van der Waals surface area contributed by atoms with Gasteiger partial charge in [-0.1, -0.05) is 26.0 Å². The topological polar surface area (TPSA) is 63.1 Å². The number of nitrogens with zero attached hydrogens (tertiary/aromatic N) is 4. The van der Waals surface area contributed by atoms with Crippen molar-refractivity contribution in [3.63, 3.8) is 0 Å². The third-order valence-electron chi connectivity index (χ3n) is 5.10. The summed E-state index contributed by atoms with van der Waals surface area (Å²) in [5, 5.41) is 11.3.